The Morgan fingerprint density at radius 3 is 2.06 bits per heavy atom. The van der Waals surface area contributed by atoms with E-state index >= 15 is 0 Å². The summed E-state index contributed by atoms with van der Waals surface area (Å²) in [6.07, 6.45) is 5.39. The molecule has 0 spiro atoms. The summed E-state index contributed by atoms with van der Waals surface area (Å²) in [5.74, 6) is 0. The third-order valence-corrected chi connectivity index (χ3v) is 4.05. The molecule has 16 heavy (non-hydrogen) atoms. The second-order valence-corrected chi connectivity index (χ2v) is 6.24. The van der Waals surface area contributed by atoms with Crippen LogP contribution in [0.15, 0.2) is 0 Å². The maximum atomic E-state index is 10.7. The van der Waals surface area contributed by atoms with Gasteiger partial charge in [-0.25, -0.2) is 0 Å². The number of hydrogen-bond donors (Lipinski definition) is 2. The van der Waals surface area contributed by atoms with Crippen molar-refractivity contribution in [1.82, 2.24) is 0 Å². The molecule has 0 aliphatic heterocycles. The molecule has 2 N–H and O–H groups in total. The molecular weight excluding hydrogens is 228 g/mol. The minimum Gasteiger partial charge on any atom is -0.393 e. The van der Waals surface area contributed by atoms with Gasteiger partial charge in [-0.3, -0.25) is 4.55 Å². The van der Waals surface area contributed by atoms with Crippen molar-refractivity contribution in [2.75, 3.05) is 0 Å². The van der Waals surface area contributed by atoms with Crippen LogP contribution in [0.4, 0.5) is 0 Å². The lowest BCUT2D eigenvalue weighted by Gasteiger charge is -2.11. The molecule has 5 heteroatoms. The first-order valence-electron chi connectivity index (χ1n) is 6.02. The van der Waals surface area contributed by atoms with E-state index in [0.717, 1.165) is 38.5 Å². The van der Waals surface area contributed by atoms with Crippen LogP contribution in [0.5, 0.6) is 0 Å². The second kappa shape index (κ2) is 8.03. The van der Waals surface area contributed by atoms with Gasteiger partial charge in [-0.15, -0.1) is 0 Å². The molecule has 2 unspecified atom stereocenters. The molecule has 0 heterocycles. The third kappa shape index (κ3) is 8.07. The van der Waals surface area contributed by atoms with Gasteiger partial charge in [0.05, 0.1) is 11.4 Å². The average Bonchev–Trinajstić information content (AvgIpc) is 2.19. The lowest BCUT2D eigenvalue weighted by molar-refractivity contribution is 0.148. The predicted octanol–water partition coefficient (Wildman–Crippen LogP) is 2.37. The first-order valence-corrected chi connectivity index (χ1v) is 7.52. The van der Waals surface area contributed by atoms with E-state index < -0.39 is 15.4 Å². The van der Waals surface area contributed by atoms with E-state index in [9.17, 15) is 13.5 Å². The Morgan fingerprint density at radius 1 is 1.06 bits per heavy atom. The molecule has 0 bridgehead atoms. The van der Waals surface area contributed by atoms with E-state index in [1.54, 1.807) is 0 Å². The highest BCUT2D eigenvalue weighted by molar-refractivity contribution is 7.86. The van der Waals surface area contributed by atoms with E-state index in [2.05, 4.69) is 6.92 Å². The Balaban J connectivity index is 3.53. The van der Waals surface area contributed by atoms with Gasteiger partial charge in [-0.2, -0.15) is 8.42 Å². The molecule has 0 radical (unpaired) electrons. The Labute approximate surface area is 98.8 Å². The van der Waals surface area contributed by atoms with Crippen molar-refractivity contribution in [3.8, 4) is 0 Å². The van der Waals surface area contributed by atoms with Gasteiger partial charge in [-0.05, 0) is 26.2 Å². The van der Waals surface area contributed by atoms with Gasteiger partial charge in [0.2, 0.25) is 0 Å². The highest BCUT2D eigenvalue weighted by Crippen LogP contribution is 2.13. The summed E-state index contributed by atoms with van der Waals surface area (Å²) in [6, 6.07) is 0. The SMILES string of the molecule is CCCCC(O)CCCCC(C)S(=O)(=O)O. The summed E-state index contributed by atoms with van der Waals surface area (Å²) in [5.41, 5.74) is 0. The fourth-order valence-electron chi connectivity index (χ4n) is 1.54. The van der Waals surface area contributed by atoms with Crippen LogP contribution in [-0.4, -0.2) is 29.4 Å². The van der Waals surface area contributed by atoms with Gasteiger partial charge in [0.1, 0.15) is 0 Å². The van der Waals surface area contributed by atoms with Crippen molar-refractivity contribution in [3.63, 3.8) is 0 Å². The number of aliphatic hydroxyl groups excluding tert-OH is 1. The molecule has 0 aromatic rings. The minimum absolute atomic E-state index is 0.263. The van der Waals surface area contributed by atoms with E-state index in [1.807, 2.05) is 0 Å². The molecule has 0 rings (SSSR count). The van der Waals surface area contributed by atoms with Crippen molar-refractivity contribution in [2.24, 2.45) is 0 Å². The van der Waals surface area contributed by atoms with Crippen LogP contribution in [0.25, 0.3) is 0 Å². The average molecular weight is 252 g/mol. The number of hydrogen-bond acceptors (Lipinski definition) is 3. The third-order valence-electron chi connectivity index (χ3n) is 2.80. The van der Waals surface area contributed by atoms with Crippen LogP contribution in [0.3, 0.4) is 0 Å². The minimum atomic E-state index is -3.88. The van der Waals surface area contributed by atoms with Crippen molar-refractivity contribution < 1.29 is 18.1 Å². The summed E-state index contributed by atoms with van der Waals surface area (Å²) < 4.78 is 30.1. The van der Waals surface area contributed by atoms with Crippen LogP contribution in [0.1, 0.15) is 58.8 Å². The Morgan fingerprint density at radius 2 is 1.56 bits per heavy atom. The maximum Gasteiger partial charge on any atom is 0.267 e. The zero-order chi connectivity index (χ0) is 12.6. The zero-order valence-electron chi connectivity index (χ0n) is 10.2. The molecule has 4 nitrogen and oxygen atoms in total. The molecule has 0 saturated carbocycles. The van der Waals surface area contributed by atoms with Gasteiger partial charge in [0.25, 0.3) is 10.1 Å². The Bertz CT molecular complexity index is 261. The largest absolute Gasteiger partial charge is 0.393 e. The number of aliphatic hydroxyl groups is 1. The second-order valence-electron chi connectivity index (χ2n) is 4.41. The van der Waals surface area contributed by atoms with Gasteiger partial charge < -0.3 is 5.11 Å². The molecule has 0 aliphatic carbocycles. The fourth-order valence-corrected chi connectivity index (χ4v) is 2.01. The molecule has 0 aromatic carbocycles. The maximum absolute atomic E-state index is 10.7. The first-order chi connectivity index (χ1) is 7.38. The number of rotatable bonds is 9. The van der Waals surface area contributed by atoms with E-state index in [4.69, 9.17) is 4.55 Å². The van der Waals surface area contributed by atoms with Crippen LogP contribution < -0.4 is 0 Å². The van der Waals surface area contributed by atoms with Gasteiger partial charge in [0.15, 0.2) is 0 Å². The van der Waals surface area contributed by atoms with E-state index in [0.29, 0.717) is 6.42 Å². The van der Waals surface area contributed by atoms with Crippen LogP contribution in [-0.2, 0) is 10.1 Å². The van der Waals surface area contributed by atoms with Gasteiger partial charge >= 0.3 is 0 Å². The summed E-state index contributed by atoms with van der Waals surface area (Å²) in [7, 11) is -3.88. The van der Waals surface area contributed by atoms with Gasteiger partial charge in [-0.1, -0.05) is 32.6 Å². The van der Waals surface area contributed by atoms with Crippen LogP contribution in [0, 0.1) is 0 Å². The summed E-state index contributed by atoms with van der Waals surface area (Å²) in [4.78, 5) is 0. The molecule has 0 fully saturated rings. The summed E-state index contributed by atoms with van der Waals surface area (Å²) in [5, 5.41) is 8.84. The van der Waals surface area contributed by atoms with Crippen molar-refractivity contribution in [2.45, 2.75) is 70.1 Å². The number of unbranched alkanes of at least 4 members (excludes halogenated alkanes) is 2. The summed E-state index contributed by atoms with van der Waals surface area (Å²) >= 11 is 0. The smallest absolute Gasteiger partial charge is 0.267 e. The molecule has 98 valence electrons. The highest BCUT2D eigenvalue weighted by atomic mass is 32.2. The fraction of sp³-hybridized carbons (Fsp3) is 1.00. The lowest BCUT2D eigenvalue weighted by atomic mass is 10.0. The monoisotopic (exact) mass is 252 g/mol. The van der Waals surface area contributed by atoms with E-state index in [1.165, 1.54) is 6.92 Å². The highest BCUT2D eigenvalue weighted by Gasteiger charge is 2.16. The Kier molecular flexibility index (Phi) is 7.97. The topological polar surface area (TPSA) is 74.6 Å². The van der Waals surface area contributed by atoms with Crippen molar-refractivity contribution >= 4 is 10.1 Å². The first kappa shape index (κ1) is 15.9. The molecular formula is C11H24O4S. The Hall–Kier alpha value is -0.130. The van der Waals surface area contributed by atoms with Crippen molar-refractivity contribution in [1.29, 1.82) is 0 Å². The van der Waals surface area contributed by atoms with E-state index in [-0.39, 0.29) is 6.10 Å². The van der Waals surface area contributed by atoms with Crippen LogP contribution in [0.2, 0.25) is 0 Å². The lowest BCUT2D eigenvalue weighted by Crippen LogP contribution is -2.16. The molecule has 0 aromatic heterocycles. The molecule has 0 aliphatic rings. The van der Waals surface area contributed by atoms with Crippen molar-refractivity contribution in [3.05, 3.63) is 0 Å². The standard InChI is InChI=1S/C11H24O4S/c1-3-4-8-11(12)9-6-5-7-10(2)16(13,14)15/h10-12H,3-9H2,1-2H3,(H,13,14,15). The zero-order valence-corrected chi connectivity index (χ0v) is 11.0. The van der Waals surface area contributed by atoms with Gasteiger partial charge in [0, 0.05) is 0 Å². The quantitative estimate of drug-likeness (QED) is 0.488. The van der Waals surface area contributed by atoms with Crippen LogP contribution >= 0.6 is 0 Å². The normalized spacial score (nSPS) is 16.0. The predicted molar refractivity (Wildman–Crippen MR) is 65.0 cm³/mol. The molecule has 0 saturated heterocycles. The molecule has 0 amide bonds. The summed E-state index contributed by atoms with van der Waals surface area (Å²) in [6.45, 7) is 3.59. The molecule has 2 atom stereocenters.